The van der Waals surface area contributed by atoms with Crippen molar-refractivity contribution in [1.82, 2.24) is 9.99 Å². The van der Waals surface area contributed by atoms with E-state index >= 15 is 0 Å². The second-order valence-electron chi connectivity index (χ2n) is 6.72. The summed E-state index contributed by atoms with van der Waals surface area (Å²) in [4.78, 5) is 20.8. The molecule has 0 bridgehead atoms. The van der Waals surface area contributed by atoms with E-state index in [2.05, 4.69) is 15.1 Å². The van der Waals surface area contributed by atoms with Crippen molar-refractivity contribution in [2.45, 2.75) is 6.92 Å². The molecule has 0 radical (unpaired) electrons. The number of hydrogen-bond acceptors (Lipinski definition) is 9. The van der Waals surface area contributed by atoms with Gasteiger partial charge in [-0.2, -0.15) is 23.5 Å². The number of benzene rings is 1. The minimum atomic E-state index is -3.85. The van der Waals surface area contributed by atoms with Gasteiger partial charge in [-0.05, 0) is 54.6 Å². The van der Waals surface area contributed by atoms with Gasteiger partial charge in [-0.15, -0.1) is 0 Å². The van der Waals surface area contributed by atoms with E-state index in [1.54, 1.807) is 25.4 Å². The number of hydrazone groups is 1. The Morgan fingerprint density at radius 3 is 2.79 bits per heavy atom. The first-order chi connectivity index (χ1) is 15.7. The molecule has 0 unspecified atom stereocenters. The standard InChI is InChI=1S/C20H16ClN5O5S2/c1-3-30-15-9-11(8-14(21)16(15)31-33(2,28)29)7-13-17(22)26-20(24-18(13)27)32-19(25-26)12-5-4-6-23-10-12/h4-10,22H,3H2,1-2H3/b13-7-,22-17?. The van der Waals surface area contributed by atoms with Crippen LogP contribution in [-0.2, 0) is 14.9 Å². The second kappa shape index (κ2) is 8.96. The van der Waals surface area contributed by atoms with Gasteiger partial charge in [0, 0.05) is 18.0 Å². The Labute approximate surface area is 198 Å². The van der Waals surface area contributed by atoms with Gasteiger partial charge in [-0.25, -0.2) is 0 Å². The van der Waals surface area contributed by atoms with Crippen LogP contribution >= 0.6 is 23.4 Å². The van der Waals surface area contributed by atoms with Crippen LogP contribution in [0.3, 0.4) is 0 Å². The van der Waals surface area contributed by atoms with E-state index < -0.39 is 16.0 Å². The number of aliphatic imine (C=N–C) groups is 1. The van der Waals surface area contributed by atoms with E-state index in [4.69, 9.17) is 25.9 Å². The molecule has 2 aliphatic heterocycles. The number of nitrogens with one attached hydrogen (secondary N) is 1. The van der Waals surface area contributed by atoms with Crippen molar-refractivity contribution in [3.8, 4) is 11.5 Å². The number of halogens is 1. The van der Waals surface area contributed by atoms with Crippen LogP contribution in [0.4, 0.5) is 0 Å². The van der Waals surface area contributed by atoms with Crippen LogP contribution in [0.15, 0.2) is 52.3 Å². The van der Waals surface area contributed by atoms with Gasteiger partial charge < -0.3 is 8.92 Å². The van der Waals surface area contributed by atoms with E-state index in [1.165, 1.54) is 23.2 Å². The van der Waals surface area contributed by atoms with Gasteiger partial charge >= 0.3 is 10.1 Å². The average molecular weight is 506 g/mol. The number of ether oxygens (including phenoxy) is 1. The van der Waals surface area contributed by atoms with Crippen LogP contribution in [0.2, 0.25) is 5.02 Å². The summed E-state index contributed by atoms with van der Waals surface area (Å²) in [5, 5.41) is 15.0. The van der Waals surface area contributed by atoms with E-state index in [0.29, 0.717) is 10.6 Å². The summed E-state index contributed by atoms with van der Waals surface area (Å²) in [7, 11) is -3.85. The van der Waals surface area contributed by atoms with Crippen LogP contribution in [0, 0.1) is 5.41 Å². The second-order valence-corrected chi connectivity index (χ2v) is 9.66. The monoisotopic (exact) mass is 505 g/mol. The van der Waals surface area contributed by atoms with Crippen LogP contribution in [-0.4, -0.2) is 53.2 Å². The minimum absolute atomic E-state index is 0.0224. The highest BCUT2D eigenvalue weighted by atomic mass is 35.5. The average Bonchev–Trinajstić information content (AvgIpc) is 3.18. The van der Waals surface area contributed by atoms with Crippen LogP contribution in [0.1, 0.15) is 18.1 Å². The molecule has 0 saturated heterocycles. The fourth-order valence-electron chi connectivity index (χ4n) is 2.93. The lowest BCUT2D eigenvalue weighted by Crippen LogP contribution is -2.35. The first-order valence-electron chi connectivity index (χ1n) is 9.42. The number of carbonyl (C=O) groups is 1. The highest BCUT2D eigenvalue weighted by Crippen LogP contribution is 2.38. The molecule has 1 aromatic heterocycles. The zero-order chi connectivity index (χ0) is 23.8. The molecule has 13 heteroatoms. The molecule has 1 aromatic carbocycles. The molecule has 0 saturated carbocycles. The molecule has 0 fully saturated rings. The van der Waals surface area contributed by atoms with Crippen molar-refractivity contribution in [3.05, 3.63) is 58.4 Å². The Morgan fingerprint density at radius 2 is 2.12 bits per heavy atom. The predicted octanol–water partition coefficient (Wildman–Crippen LogP) is 3.14. The van der Waals surface area contributed by atoms with Crippen molar-refractivity contribution in [2.75, 3.05) is 12.9 Å². The summed E-state index contributed by atoms with van der Waals surface area (Å²) in [6.45, 7) is 1.93. The maximum absolute atomic E-state index is 12.7. The molecule has 2 aromatic rings. The van der Waals surface area contributed by atoms with Gasteiger partial charge in [0.05, 0.1) is 23.5 Å². The first-order valence-corrected chi connectivity index (χ1v) is 12.4. The van der Waals surface area contributed by atoms with Gasteiger partial charge in [-0.1, -0.05) is 11.6 Å². The largest absolute Gasteiger partial charge is 0.490 e. The van der Waals surface area contributed by atoms with Crippen molar-refractivity contribution in [1.29, 1.82) is 5.41 Å². The molecule has 0 aliphatic carbocycles. The number of fused-ring (bicyclic) bond motifs is 1. The number of hydrogen-bond donors (Lipinski definition) is 1. The summed E-state index contributed by atoms with van der Waals surface area (Å²) >= 11 is 7.40. The summed E-state index contributed by atoms with van der Waals surface area (Å²) in [6.07, 6.45) is 5.56. The zero-order valence-corrected chi connectivity index (χ0v) is 19.7. The summed E-state index contributed by atoms with van der Waals surface area (Å²) in [5.74, 6) is -0.862. The Kier molecular flexibility index (Phi) is 6.23. The summed E-state index contributed by atoms with van der Waals surface area (Å²) < 4.78 is 33.6. The van der Waals surface area contributed by atoms with Gasteiger partial charge in [0.1, 0.15) is 5.04 Å². The molecule has 0 spiro atoms. The fourth-order valence-corrected chi connectivity index (χ4v) is 4.59. The number of carbonyl (C=O) groups excluding carboxylic acids is 1. The van der Waals surface area contributed by atoms with Gasteiger partial charge in [0.2, 0.25) is 10.9 Å². The van der Waals surface area contributed by atoms with Crippen molar-refractivity contribution in [3.63, 3.8) is 0 Å². The first kappa shape index (κ1) is 23.0. The number of aromatic nitrogens is 1. The number of amidine groups is 2. The minimum Gasteiger partial charge on any atom is -0.490 e. The Bertz CT molecular complexity index is 1360. The third-order valence-electron chi connectivity index (χ3n) is 4.24. The van der Waals surface area contributed by atoms with E-state index in [-0.39, 0.29) is 39.7 Å². The molecule has 2 aliphatic rings. The third kappa shape index (κ3) is 4.92. The number of pyridine rings is 1. The smallest absolute Gasteiger partial charge is 0.306 e. The molecule has 0 atom stereocenters. The Hall–Kier alpha value is -3.22. The molecule has 33 heavy (non-hydrogen) atoms. The van der Waals surface area contributed by atoms with Crippen molar-refractivity contribution < 1.29 is 22.1 Å². The van der Waals surface area contributed by atoms with E-state index in [9.17, 15) is 13.2 Å². The number of nitrogens with zero attached hydrogens (tertiary/aromatic N) is 4. The number of rotatable bonds is 6. The topological polar surface area (TPSA) is 134 Å². The molecule has 170 valence electrons. The summed E-state index contributed by atoms with van der Waals surface area (Å²) in [5.41, 5.74) is 1.10. The van der Waals surface area contributed by atoms with Crippen molar-refractivity contribution in [2.24, 2.45) is 10.1 Å². The molecular formula is C20H16ClN5O5S2. The van der Waals surface area contributed by atoms with E-state index in [1.807, 2.05) is 6.07 Å². The molecule has 10 nitrogen and oxygen atoms in total. The van der Waals surface area contributed by atoms with Gasteiger partial charge in [0.15, 0.2) is 11.6 Å². The number of thioether (sulfide) groups is 1. The van der Waals surface area contributed by atoms with Gasteiger partial charge in [-0.3, -0.25) is 15.2 Å². The van der Waals surface area contributed by atoms with Crippen LogP contribution in [0.5, 0.6) is 11.5 Å². The lowest BCUT2D eigenvalue weighted by atomic mass is 10.1. The fraction of sp³-hybridized carbons (Fsp3) is 0.150. The molecule has 3 heterocycles. The molecule has 4 rings (SSSR count). The zero-order valence-electron chi connectivity index (χ0n) is 17.3. The highest BCUT2D eigenvalue weighted by molar-refractivity contribution is 8.27. The van der Waals surface area contributed by atoms with E-state index in [0.717, 1.165) is 23.6 Å². The maximum atomic E-state index is 12.7. The maximum Gasteiger partial charge on any atom is 0.306 e. The van der Waals surface area contributed by atoms with Crippen LogP contribution in [0.25, 0.3) is 6.08 Å². The molecule has 1 amide bonds. The molecular weight excluding hydrogens is 490 g/mol. The lowest BCUT2D eigenvalue weighted by molar-refractivity contribution is -0.114. The summed E-state index contributed by atoms with van der Waals surface area (Å²) in [6, 6.07) is 6.44. The predicted molar refractivity (Wildman–Crippen MR) is 126 cm³/mol. The normalized spacial score (nSPS) is 17.1. The van der Waals surface area contributed by atoms with Crippen molar-refractivity contribution >= 4 is 61.5 Å². The number of amides is 1. The quantitative estimate of drug-likeness (QED) is 0.467. The Morgan fingerprint density at radius 1 is 1.33 bits per heavy atom. The third-order valence-corrected chi connectivity index (χ3v) is 5.95. The van der Waals surface area contributed by atoms with Crippen LogP contribution < -0.4 is 8.92 Å². The Balaban J connectivity index is 1.71. The highest BCUT2D eigenvalue weighted by Gasteiger charge is 2.36. The van der Waals surface area contributed by atoms with Gasteiger partial charge in [0.25, 0.3) is 5.91 Å². The lowest BCUT2D eigenvalue weighted by Gasteiger charge is -2.20. The molecule has 1 N–H and O–H groups in total. The SMILES string of the molecule is CCOc1cc(/C=C2/C(=N)N3N=C(c4cccnc4)SC3=NC2=O)cc(Cl)c1OS(C)(=O)=O.